The Labute approximate surface area is 120 Å². The summed E-state index contributed by atoms with van der Waals surface area (Å²) in [7, 11) is 4.62. The van der Waals surface area contributed by atoms with E-state index in [4.69, 9.17) is 14.2 Å². The maximum Gasteiger partial charge on any atom is 0.211 e. The molecule has 4 nitrogen and oxygen atoms in total. The number of ketones is 1. The zero-order valence-corrected chi connectivity index (χ0v) is 12.8. The smallest absolute Gasteiger partial charge is 0.211 e. The van der Waals surface area contributed by atoms with Crippen LogP contribution in [0.15, 0.2) is 12.1 Å². The van der Waals surface area contributed by atoms with Gasteiger partial charge in [-0.05, 0) is 5.92 Å². The molecule has 0 aliphatic carbocycles. The first-order valence-corrected chi connectivity index (χ1v) is 6.20. The SMILES string of the molecule is COc1cc(OC)c(C#CC(=O)C(C)(C)C)c(OC)c1. The summed E-state index contributed by atoms with van der Waals surface area (Å²) in [6.07, 6.45) is 0. The topological polar surface area (TPSA) is 44.8 Å². The fraction of sp³-hybridized carbons (Fsp3) is 0.438. The van der Waals surface area contributed by atoms with Crippen molar-refractivity contribution >= 4 is 5.78 Å². The molecular weight excluding hydrogens is 256 g/mol. The van der Waals surface area contributed by atoms with Crippen molar-refractivity contribution in [3.05, 3.63) is 17.7 Å². The van der Waals surface area contributed by atoms with Gasteiger partial charge in [-0.25, -0.2) is 0 Å². The first kappa shape index (κ1) is 15.9. The monoisotopic (exact) mass is 276 g/mol. The van der Waals surface area contributed by atoms with Crippen LogP contribution in [0.3, 0.4) is 0 Å². The van der Waals surface area contributed by atoms with Gasteiger partial charge in [0.2, 0.25) is 5.78 Å². The van der Waals surface area contributed by atoms with Gasteiger partial charge < -0.3 is 14.2 Å². The van der Waals surface area contributed by atoms with Gasteiger partial charge in [0.1, 0.15) is 22.8 Å². The summed E-state index contributed by atoms with van der Waals surface area (Å²) in [6.45, 7) is 5.48. The highest BCUT2D eigenvalue weighted by atomic mass is 16.5. The summed E-state index contributed by atoms with van der Waals surface area (Å²) in [5.41, 5.74) is 0.0355. The Morgan fingerprint density at radius 2 is 1.50 bits per heavy atom. The van der Waals surface area contributed by atoms with Gasteiger partial charge in [-0.3, -0.25) is 4.79 Å². The van der Waals surface area contributed by atoms with Crippen LogP contribution in [0.4, 0.5) is 0 Å². The van der Waals surface area contributed by atoms with E-state index in [9.17, 15) is 4.79 Å². The van der Waals surface area contributed by atoms with Crippen molar-refractivity contribution in [3.63, 3.8) is 0 Å². The number of ether oxygens (including phenoxy) is 3. The second-order valence-corrected chi connectivity index (χ2v) is 5.24. The molecule has 108 valence electrons. The number of rotatable bonds is 3. The number of Topliss-reactive ketones (excluding diaryl/α,β-unsaturated/α-hetero) is 1. The van der Waals surface area contributed by atoms with Gasteiger partial charge in [-0.15, -0.1) is 0 Å². The fourth-order valence-corrected chi connectivity index (χ4v) is 1.44. The molecule has 1 aromatic carbocycles. The third kappa shape index (κ3) is 3.67. The molecule has 0 aliphatic rings. The minimum Gasteiger partial charge on any atom is -0.496 e. The van der Waals surface area contributed by atoms with Crippen LogP contribution in [-0.2, 0) is 4.79 Å². The third-order valence-electron chi connectivity index (χ3n) is 2.70. The first-order valence-electron chi connectivity index (χ1n) is 6.20. The van der Waals surface area contributed by atoms with Crippen LogP contribution in [0.25, 0.3) is 0 Å². The Morgan fingerprint density at radius 3 is 1.85 bits per heavy atom. The molecule has 0 saturated heterocycles. The van der Waals surface area contributed by atoms with E-state index >= 15 is 0 Å². The van der Waals surface area contributed by atoms with Gasteiger partial charge in [0.05, 0.1) is 21.3 Å². The Hall–Kier alpha value is -2.15. The van der Waals surface area contributed by atoms with Gasteiger partial charge in [0.15, 0.2) is 0 Å². The normalized spacial score (nSPS) is 10.3. The van der Waals surface area contributed by atoms with Crippen LogP contribution < -0.4 is 14.2 Å². The molecule has 1 rings (SSSR count). The highest BCUT2D eigenvalue weighted by Gasteiger charge is 2.19. The van der Waals surface area contributed by atoms with Crippen LogP contribution in [0.5, 0.6) is 17.2 Å². The second-order valence-electron chi connectivity index (χ2n) is 5.24. The standard InChI is InChI=1S/C16H20O4/c1-16(2,3)15(17)8-7-12-13(19-5)9-11(18-4)10-14(12)20-6/h9-10H,1-6H3. The van der Waals surface area contributed by atoms with Crippen LogP contribution in [-0.4, -0.2) is 27.1 Å². The van der Waals surface area contributed by atoms with E-state index in [-0.39, 0.29) is 5.78 Å². The largest absolute Gasteiger partial charge is 0.496 e. The Kier molecular flexibility index (Phi) is 5.04. The van der Waals surface area contributed by atoms with Crippen molar-refractivity contribution in [2.24, 2.45) is 5.41 Å². The molecule has 0 unspecified atom stereocenters. The predicted molar refractivity (Wildman–Crippen MR) is 77.4 cm³/mol. The van der Waals surface area contributed by atoms with Crippen molar-refractivity contribution in [1.29, 1.82) is 0 Å². The minimum atomic E-state index is -0.500. The molecule has 20 heavy (non-hydrogen) atoms. The van der Waals surface area contributed by atoms with E-state index in [0.717, 1.165) is 0 Å². The molecule has 0 bridgehead atoms. The molecule has 0 N–H and O–H groups in total. The zero-order valence-electron chi connectivity index (χ0n) is 12.8. The molecule has 0 spiro atoms. The predicted octanol–water partition coefficient (Wildman–Crippen LogP) is 2.68. The van der Waals surface area contributed by atoms with E-state index in [1.54, 1.807) is 19.2 Å². The maximum absolute atomic E-state index is 11.9. The number of carbonyl (C=O) groups excluding carboxylic acids is 1. The van der Waals surface area contributed by atoms with Crippen LogP contribution in [0, 0.1) is 17.3 Å². The molecule has 0 amide bonds. The second kappa shape index (κ2) is 6.33. The van der Waals surface area contributed by atoms with Crippen molar-refractivity contribution in [1.82, 2.24) is 0 Å². The Balaban J connectivity index is 3.31. The van der Waals surface area contributed by atoms with Crippen LogP contribution in [0.1, 0.15) is 26.3 Å². The van der Waals surface area contributed by atoms with E-state index in [1.165, 1.54) is 14.2 Å². The van der Waals surface area contributed by atoms with E-state index in [2.05, 4.69) is 11.8 Å². The maximum atomic E-state index is 11.9. The number of methoxy groups -OCH3 is 3. The summed E-state index contributed by atoms with van der Waals surface area (Å²) in [5, 5.41) is 0. The molecule has 0 atom stereocenters. The average molecular weight is 276 g/mol. The van der Waals surface area contributed by atoms with Crippen LogP contribution in [0.2, 0.25) is 0 Å². The summed E-state index contributed by atoms with van der Waals surface area (Å²) in [5.74, 6) is 6.95. The highest BCUT2D eigenvalue weighted by Crippen LogP contribution is 2.33. The summed E-state index contributed by atoms with van der Waals surface area (Å²) < 4.78 is 15.7. The molecule has 0 aliphatic heterocycles. The van der Waals surface area contributed by atoms with Gasteiger partial charge >= 0.3 is 0 Å². The third-order valence-corrected chi connectivity index (χ3v) is 2.70. The molecule has 0 fully saturated rings. The Bertz CT molecular complexity index is 531. The lowest BCUT2D eigenvalue weighted by atomic mass is 9.91. The lowest BCUT2D eigenvalue weighted by Crippen LogP contribution is -2.17. The van der Waals surface area contributed by atoms with Crippen molar-refractivity contribution in [2.75, 3.05) is 21.3 Å². The summed E-state index contributed by atoms with van der Waals surface area (Å²) in [6, 6.07) is 3.40. The molecule has 4 heteroatoms. The number of benzene rings is 1. The molecule has 1 aromatic rings. The van der Waals surface area contributed by atoms with E-state index in [0.29, 0.717) is 22.8 Å². The Morgan fingerprint density at radius 1 is 1.00 bits per heavy atom. The average Bonchev–Trinajstić information content (AvgIpc) is 2.42. The summed E-state index contributed by atoms with van der Waals surface area (Å²) in [4.78, 5) is 11.9. The minimum absolute atomic E-state index is 0.141. The fourth-order valence-electron chi connectivity index (χ4n) is 1.44. The van der Waals surface area contributed by atoms with Crippen molar-refractivity contribution in [3.8, 4) is 29.1 Å². The molecular formula is C16H20O4. The zero-order chi connectivity index (χ0) is 15.3. The highest BCUT2D eigenvalue weighted by molar-refractivity contribution is 6.00. The van der Waals surface area contributed by atoms with Crippen molar-refractivity contribution < 1.29 is 19.0 Å². The molecule has 0 aromatic heterocycles. The van der Waals surface area contributed by atoms with Gasteiger partial charge in [-0.1, -0.05) is 26.7 Å². The summed E-state index contributed by atoms with van der Waals surface area (Å²) >= 11 is 0. The van der Waals surface area contributed by atoms with Crippen molar-refractivity contribution in [2.45, 2.75) is 20.8 Å². The molecule has 0 heterocycles. The van der Waals surface area contributed by atoms with Crippen LogP contribution >= 0.6 is 0 Å². The van der Waals surface area contributed by atoms with Gasteiger partial charge in [-0.2, -0.15) is 0 Å². The van der Waals surface area contributed by atoms with E-state index < -0.39 is 5.41 Å². The quantitative estimate of drug-likeness (QED) is 0.796. The number of hydrogen-bond donors (Lipinski definition) is 0. The number of carbonyl (C=O) groups is 1. The first-order chi connectivity index (χ1) is 9.33. The van der Waals surface area contributed by atoms with Gasteiger partial charge in [0, 0.05) is 17.5 Å². The lowest BCUT2D eigenvalue weighted by Gasteiger charge is -2.12. The van der Waals surface area contributed by atoms with Gasteiger partial charge in [0.25, 0.3) is 0 Å². The molecule has 0 radical (unpaired) electrons. The van der Waals surface area contributed by atoms with E-state index in [1.807, 2.05) is 20.8 Å². The number of hydrogen-bond acceptors (Lipinski definition) is 4. The molecule has 0 saturated carbocycles. The lowest BCUT2D eigenvalue weighted by molar-refractivity contribution is -0.120.